The zero-order chi connectivity index (χ0) is 18.2. The zero-order valence-electron chi connectivity index (χ0n) is 13.7. The number of ether oxygens (including phenoxy) is 1. The zero-order valence-corrected chi connectivity index (χ0v) is 15.3. The number of aromatic nitrogens is 1. The summed E-state index contributed by atoms with van der Waals surface area (Å²) in [7, 11) is 0. The molecule has 0 saturated heterocycles. The highest BCUT2D eigenvalue weighted by Gasteiger charge is 2.19. The van der Waals surface area contributed by atoms with Gasteiger partial charge in [-0.25, -0.2) is 9.78 Å². The number of thiazole rings is 1. The van der Waals surface area contributed by atoms with Gasteiger partial charge in [-0.05, 0) is 30.7 Å². The van der Waals surface area contributed by atoms with Crippen molar-refractivity contribution in [2.24, 2.45) is 0 Å². The van der Waals surface area contributed by atoms with Gasteiger partial charge < -0.3 is 15.2 Å². The summed E-state index contributed by atoms with van der Waals surface area (Å²) >= 11 is 7.21. The molecule has 0 bridgehead atoms. The monoisotopic (exact) mass is 382 g/mol. The number of rotatable bonds is 9. The maximum Gasteiger partial charge on any atom is 0.326 e. The average molecular weight is 383 g/mol. The van der Waals surface area contributed by atoms with Crippen molar-refractivity contribution in [2.45, 2.75) is 38.8 Å². The summed E-state index contributed by atoms with van der Waals surface area (Å²) in [4.78, 5) is 27.4. The number of amides is 1. The molecule has 1 amide bonds. The number of hydrogen-bond donors (Lipinski definition) is 2. The van der Waals surface area contributed by atoms with Crippen LogP contribution in [0.25, 0.3) is 0 Å². The molecule has 6 nitrogen and oxygen atoms in total. The van der Waals surface area contributed by atoms with Crippen LogP contribution in [0.4, 0.5) is 0 Å². The molecule has 1 aromatic heterocycles. The van der Waals surface area contributed by atoms with E-state index >= 15 is 0 Å². The normalized spacial score (nSPS) is 11.8. The minimum absolute atomic E-state index is 0.0466. The molecule has 0 aliphatic carbocycles. The highest BCUT2D eigenvalue weighted by Crippen LogP contribution is 2.18. The Labute approximate surface area is 154 Å². The van der Waals surface area contributed by atoms with Gasteiger partial charge in [-0.15, -0.1) is 11.3 Å². The van der Waals surface area contributed by atoms with E-state index in [-0.39, 0.29) is 12.3 Å². The first-order valence-electron chi connectivity index (χ1n) is 7.81. The van der Waals surface area contributed by atoms with E-state index in [1.54, 1.807) is 29.6 Å². The van der Waals surface area contributed by atoms with Gasteiger partial charge in [0.15, 0.2) is 0 Å². The number of carbonyl (C=O) groups is 2. The second-order valence-electron chi connectivity index (χ2n) is 5.40. The molecule has 1 unspecified atom stereocenters. The molecule has 25 heavy (non-hydrogen) atoms. The molecule has 0 saturated carbocycles. The number of nitrogens with one attached hydrogen (secondary N) is 1. The Morgan fingerprint density at radius 1 is 1.36 bits per heavy atom. The van der Waals surface area contributed by atoms with Gasteiger partial charge in [-0.2, -0.15) is 0 Å². The second-order valence-corrected chi connectivity index (χ2v) is 6.78. The first-order chi connectivity index (χ1) is 12.0. The summed E-state index contributed by atoms with van der Waals surface area (Å²) in [6, 6.07) is 6.16. The number of carbonyl (C=O) groups excluding carboxylic acids is 1. The molecular formula is C17H19ClN2O4S. The molecule has 0 aliphatic heterocycles. The van der Waals surface area contributed by atoms with E-state index in [4.69, 9.17) is 21.4 Å². The fourth-order valence-corrected chi connectivity index (χ4v) is 2.96. The van der Waals surface area contributed by atoms with Gasteiger partial charge in [0.05, 0.1) is 12.1 Å². The van der Waals surface area contributed by atoms with Crippen LogP contribution in [0.1, 0.15) is 30.5 Å². The van der Waals surface area contributed by atoms with Crippen molar-refractivity contribution in [3.63, 3.8) is 0 Å². The Morgan fingerprint density at radius 3 is 2.72 bits per heavy atom. The van der Waals surface area contributed by atoms with Gasteiger partial charge in [-0.3, -0.25) is 4.79 Å². The number of hydrogen-bond acceptors (Lipinski definition) is 5. The summed E-state index contributed by atoms with van der Waals surface area (Å²) in [5, 5.41) is 14.7. The molecular weight excluding hydrogens is 364 g/mol. The Kier molecular flexibility index (Phi) is 7.21. The van der Waals surface area contributed by atoms with Crippen LogP contribution < -0.4 is 10.1 Å². The standard InChI is InChI=1S/C17H19ClN2O4S/c1-2-3-14(17(22)23)20-15(21)8-12-10-25-16(19-12)9-24-13-6-4-11(18)5-7-13/h4-7,10,14H,2-3,8-9H2,1H3,(H,20,21)(H,22,23). The molecule has 1 aromatic carbocycles. The van der Waals surface area contributed by atoms with Gasteiger partial charge in [0.25, 0.3) is 0 Å². The van der Waals surface area contributed by atoms with Gasteiger partial charge in [0.2, 0.25) is 5.91 Å². The molecule has 0 fully saturated rings. The predicted molar refractivity (Wildman–Crippen MR) is 96.1 cm³/mol. The van der Waals surface area contributed by atoms with E-state index in [1.165, 1.54) is 11.3 Å². The van der Waals surface area contributed by atoms with Crippen molar-refractivity contribution in [1.82, 2.24) is 10.3 Å². The summed E-state index contributed by atoms with van der Waals surface area (Å²) in [6.07, 6.45) is 1.13. The quantitative estimate of drug-likeness (QED) is 0.694. The lowest BCUT2D eigenvalue weighted by Crippen LogP contribution is -2.41. The number of halogens is 1. The van der Waals surface area contributed by atoms with Crippen LogP contribution in [0.2, 0.25) is 5.02 Å². The van der Waals surface area contributed by atoms with Crippen molar-refractivity contribution >= 4 is 34.8 Å². The second kappa shape index (κ2) is 9.39. The third-order valence-corrected chi connectivity index (χ3v) is 4.45. The Morgan fingerprint density at radius 2 is 2.08 bits per heavy atom. The Hall–Kier alpha value is -2.12. The molecule has 0 radical (unpaired) electrons. The minimum atomic E-state index is -1.02. The molecule has 1 atom stereocenters. The van der Waals surface area contributed by atoms with Crippen molar-refractivity contribution in [1.29, 1.82) is 0 Å². The summed E-state index contributed by atoms with van der Waals surface area (Å²) < 4.78 is 5.60. The van der Waals surface area contributed by atoms with E-state index in [0.717, 1.165) is 5.01 Å². The van der Waals surface area contributed by atoms with Gasteiger partial charge in [0.1, 0.15) is 23.4 Å². The first kappa shape index (κ1) is 19.2. The molecule has 8 heteroatoms. The molecule has 1 heterocycles. The summed E-state index contributed by atoms with van der Waals surface area (Å²) in [5.74, 6) is -0.690. The van der Waals surface area contributed by atoms with Gasteiger partial charge in [0, 0.05) is 10.4 Å². The van der Waals surface area contributed by atoms with Gasteiger partial charge >= 0.3 is 5.97 Å². The molecule has 2 aromatic rings. The van der Waals surface area contributed by atoms with Crippen LogP contribution in [0.3, 0.4) is 0 Å². The van der Waals surface area contributed by atoms with Crippen molar-refractivity contribution in [3.05, 3.63) is 45.4 Å². The Balaban J connectivity index is 1.84. The SMILES string of the molecule is CCCC(NC(=O)Cc1csc(COc2ccc(Cl)cc2)n1)C(=O)O. The van der Waals surface area contributed by atoms with Crippen LogP contribution in [0.5, 0.6) is 5.75 Å². The summed E-state index contributed by atoms with van der Waals surface area (Å²) in [5.41, 5.74) is 0.595. The third kappa shape index (κ3) is 6.36. The average Bonchev–Trinajstić information content (AvgIpc) is 3.01. The number of aliphatic carboxylic acids is 1. The van der Waals surface area contributed by atoms with Crippen LogP contribution >= 0.6 is 22.9 Å². The third-order valence-electron chi connectivity index (χ3n) is 3.33. The molecule has 2 N–H and O–H groups in total. The van der Waals surface area contributed by atoms with E-state index in [0.29, 0.717) is 35.9 Å². The van der Waals surface area contributed by atoms with Crippen LogP contribution in [0, 0.1) is 0 Å². The van der Waals surface area contributed by atoms with Crippen molar-refractivity contribution in [2.75, 3.05) is 0 Å². The highest BCUT2D eigenvalue weighted by atomic mass is 35.5. The fraction of sp³-hybridized carbons (Fsp3) is 0.353. The maximum absolute atomic E-state index is 12.0. The number of nitrogens with zero attached hydrogens (tertiary/aromatic N) is 1. The maximum atomic E-state index is 12.0. The lowest BCUT2D eigenvalue weighted by Gasteiger charge is -2.12. The topological polar surface area (TPSA) is 88.5 Å². The lowest BCUT2D eigenvalue weighted by atomic mass is 10.1. The predicted octanol–water partition coefficient (Wildman–Crippen LogP) is 3.29. The fourth-order valence-electron chi connectivity index (χ4n) is 2.13. The number of carboxylic acid groups (broad SMARTS) is 1. The largest absolute Gasteiger partial charge is 0.486 e. The molecule has 0 aliphatic rings. The number of carboxylic acids is 1. The van der Waals surface area contributed by atoms with Crippen molar-refractivity contribution < 1.29 is 19.4 Å². The van der Waals surface area contributed by atoms with Crippen molar-refractivity contribution in [3.8, 4) is 5.75 Å². The molecule has 2 rings (SSSR count). The van der Waals surface area contributed by atoms with E-state index in [9.17, 15) is 9.59 Å². The molecule has 134 valence electrons. The minimum Gasteiger partial charge on any atom is -0.486 e. The first-order valence-corrected chi connectivity index (χ1v) is 9.07. The number of benzene rings is 1. The van der Waals surface area contributed by atoms with Crippen LogP contribution in [-0.4, -0.2) is 28.0 Å². The molecule has 0 spiro atoms. The van der Waals surface area contributed by atoms with E-state index in [1.807, 2.05) is 6.92 Å². The van der Waals surface area contributed by atoms with Crippen LogP contribution in [-0.2, 0) is 22.6 Å². The van der Waals surface area contributed by atoms with E-state index in [2.05, 4.69) is 10.3 Å². The highest BCUT2D eigenvalue weighted by molar-refractivity contribution is 7.09. The smallest absolute Gasteiger partial charge is 0.326 e. The Bertz CT molecular complexity index is 718. The van der Waals surface area contributed by atoms with Crippen LogP contribution in [0.15, 0.2) is 29.6 Å². The lowest BCUT2D eigenvalue weighted by molar-refractivity contribution is -0.141. The van der Waals surface area contributed by atoms with E-state index < -0.39 is 12.0 Å². The summed E-state index contributed by atoms with van der Waals surface area (Å²) in [6.45, 7) is 2.16. The van der Waals surface area contributed by atoms with Gasteiger partial charge in [-0.1, -0.05) is 24.9 Å².